The lowest BCUT2D eigenvalue weighted by atomic mass is 9.79. The number of rotatable bonds is 5. The van der Waals surface area contributed by atoms with E-state index in [-0.39, 0.29) is 5.41 Å². The summed E-state index contributed by atoms with van der Waals surface area (Å²) in [5.41, 5.74) is 17.6. The van der Waals surface area contributed by atoms with Crippen molar-refractivity contribution in [1.82, 2.24) is 4.98 Å². The fourth-order valence-electron chi connectivity index (χ4n) is 8.91. The fourth-order valence-corrected chi connectivity index (χ4v) is 8.91. The van der Waals surface area contributed by atoms with Gasteiger partial charge in [0.05, 0.1) is 5.52 Å². The van der Waals surface area contributed by atoms with Crippen LogP contribution in [0.2, 0.25) is 0 Å². The molecule has 6 aromatic carbocycles. The van der Waals surface area contributed by atoms with Crippen LogP contribution in [0.3, 0.4) is 0 Å². The van der Waals surface area contributed by atoms with Crippen LogP contribution in [-0.4, -0.2) is 4.98 Å². The molecule has 1 nitrogen and oxygen atoms in total. The third-order valence-electron chi connectivity index (χ3n) is 11.3. The van der Waals surface area contributed by atoms with Crippen LogP contribution in [0.15, 0.2) is 140 Å². The average Bonchev–Trinajstić information content (AvgIpc) is 3.38. The second kappa shape index (κ2) is 11.9. The van der Waals surface area contributed by atoms with E-state index in [2.05, 4.69) is 168 Å². The Hall–Kier alpha value is -5.79. The highest BCUT2D eigenvalue weighted by Gasteiger charge is 2.37. The normalized spacial score (nSPS) is 14.9. The Morgan fingerprint density at radius 2 is 1.45 bits per heavy atom. The third kappa shape index (κ3) is 4.87. The van der Waals surface area contributed by atoms with Gasteiger partial charge in [-0.3, -0.25) is 4.98 Å². The molecule has 2 aliphatic rings. The quantitative estimate of drug-likeness (QED) is 0.168. The number of benzene rings is 6. The number of aromatic nitrogens is 1. The number of allylic oxidation sites excluding steroid dienone is 5. The highest BCUT2D eigenvalue weighted by molar-refractivity contribution is 6.22. The number of nitrogens with zero attached hydrogens (tertiary/aromatic N) is 1. The first-order valence-electron chi connectivity index (χ1n) is 18.2. The fraction of sp³-hybridized carbons (Fsp3) is 0.140. The lowest BCUT2D eigenvalue weighted by Gasteiger charge is -2.24. The minimum Gasteiger partial charge on any atom is -0.253 e. The summed E-state index contributed by atoms with van der Waals surface area (Å²) in [7, 11) is 0. The Bertz CT molecular complexity index is 2690. The predicted octanol–water partition coefficient (Wildman–Crippen LogP) is 13.9. The molecule has 51 heavy (non-hydrogen) atoms. The van der Waals surface area contributed by atoms with E-state index in [9.17, 15) is 0 Å². The largest absolute Gasteiger partial charge is 0.253 e. The zero-order valence-electron chi connectivity index (χ0n) is 29.8. The molecule has 1 aromatic heterocycles. The molecule has 1 heterocycles. The third-order valence-corrected chi connectivity index (χ3v) is 11.3. The first kappa shape index (κ1) is 31.2. The molecule has 7 aromatic rings. The number of aryl methyl sites for hydroxylation is 1. The minimum absolute atomic E-state index is 0.00377. The van der Waals surface area contributed by atoms with E-state index >= 15 is 0 Å². The van der Waals surface area contributed by atoms with Crippen LogP contribution in [0.25, 0.3) is 83.6 Å². The van der Waals surface area contributed by atoms with Crippen LogP contribution in [0.5, 0.6) is 0 Å². The summed E-state index contributed by atoms with van der Waals surface area (Å²) >= 11 is 0. The Labute approximate surface area is 301 Å². The van der Waals surface area contributed by atoms with Crippen LogP contribution in [0.4, 0.5) is 0 Å². The number of fused-ring (bicyclic) bond motifs is 5. The summed E-state index contributed by atoms with van der Waals surface area (Å²) in [5, 5.41) is 6.18. The first-order chi connectivity index (χ1) is 24.9. The van der Waals surface area contributed by atoms with Crippen molar-refractivity contribution in [1.29, 1.82) is 0 Å². The van der Waals surface area contributed by atoms with Gasteiger partial charge in [-0.15, -0.1) is 0 Å². The molecule has 0 saturated heterocycles. The molecule has 9 rings (SSSR count). The number of hydrogen-bond donors (Lipinski definition) is 0. The second-order valence-corrected chi connectivity index (χ2v) is 14.6. The van der Waals surface area contributed by atoms with Crippen LogP contribution < -0.4 is 0 Å². The van der Waals surface area contributed by atoms with Crippen LogP contribution in [-0.2, 0) is 5.41 Å². The van der Waals surface area contributed by atoms with Gasteiger partial charge in [0.25, 0.3) is 0 Å². The molecule has 0 N–H and O–H groups in total. The van der Waals surface area contributed by atoms with Gasteiger partial charge >= 0.3 is 0 Å². The first-order valence-corrected chi connectivity index (χ1v) is 18.2. The van der Waals surface area contributed by atoms with Gasteiger partial charge in [0.15, 0.2) is 0 Å². The summed E-state index contributed by atoms with van der Waals surface area (Å²) in [5.74, 6) is 0. The summed E-state index contributed by atoms with van der Waals surface area (Å²) in [4.78, 5) is 4.82. The van der Waals surface area contributed by atoms with Crippen molar-refractivity contribution in [2.45, 2.75) is 46.0 Å². The standard InChI is InChI=1S/C50H41N/c1-6-13-32-14-12-18-38(37(32)7-2)33-22-25-42-44(29-33)49(36-23-26-46-43(30-36)39-15-10-11-19-45(39)50(46,4)5)41-17-9-8-16-40(41)48(42)35-24-27-47-34(28-35)21-20-31(3)51-47/h6-9,11-14,16-30H,2,10,15H2,1,3-5H3/b13-6-. The molecular formula is C50H41N. The van der Waals surface area contributed by atoms with Gasteiger partial charge in [-0.05, 0) is 145 Å². The van der Waals surface area contributed by atoms with Gasteiger partial charge in [0.1, 0.15) is 0 Å². The maximum atomic E-state index is 4.82. The zero-order chi connectivity index (χ0) is 34.9. The van der Waals surface area contributed by atoms with Crippen molar-refractivity contribution in [2.24, 2.45) is 0 Å². The van der Waals surface area contributed by atoms with Crippen molar-refractivity contribution in [2.75, 3.05) is 0 Å². The monoisotopic (exact) mass is 655 g/mol. The van der Waals surface area contributed by atoms with Gasteiger partial charge in [0, 0.05) is 16.5 Å². The highest BCUT2D eigenvalue weighted by atomic mass is 14.7. The summed E-state index contributed by atoms with van der Waals surface area (Å²) in [6, 6.07) is 41.0. The van der Waals surface area contributed by atoms with E-state index < -0.39 is 0 Å². The van der Waals surface area contributed by atoms with E-state index in [0.29, 0.717) is 0 Å². The highest BCUT2D eigenvalue weighted by Crippen LogP contribution is 2.52. The van der Waals surface area contributed by atoms with Crippen molar-refractivity contribution >= 4 is 50.2 Å². The van der Waals surface area contributed by atoms with Crippen LogP contribution >= 0.6 is 0 Å². The number of pyridine rings is 1. The minimum atomic E-state index is 0.00377. The van der Waals surface area contributed by atoms with Gasteiger partial charge in [-0.25, -0.2) is 0 Å². The molecule has 0 bridgehead atoms. The Balaban J connectivity index is 1.38. The number of hydrogen-bond acceptors (Lipinski definition) is 1. The molecule has 0 spiro atoms. The predicted molar refractivity (Wildman–Crippen MR) is 221 cm³/mol. The van der Waals surface area contributed by atoms with Gasteiger partial charge in [0.2, 0.25) is 0 Å². The van der Waals surface area contributed by atoms with Crippen molar-refractivity contribution in [3.8, 4) is 33.4 Å². The molecule has 0 aliphatic heterocycles. The Morgan fingerprint density at radius 1 is 0.706 bits per heavy atom. The Morgan fingerprint density at radius 3 is 2.25 bits per heavy atom. The maximum Gasteiger partial charge on any atom is 0.0705 e. The smallest absolute Gasteiger partial charge is 0.0705 e. The SMILES string of the molecule is C=Cc1c(/C=C\C)cccc1-c1ccc2c(-c3ccc4nc(C)ccc4c3)c3ccccc3c(-c3ccc4c(c3)C3=C(C=CCC3)C4(C)C)c2c1. The van der Waals surface area contributed by atoms with E-state index in [1.165, 1.54) is 82.8 Å². The molecule has 246 valence electrons. The van der Waals surface area contributed by atoms with Crippen LogP contribution in [0.1, 0.15) is 61.6 Å². The van der Waals surface area contributed by atoms with Crippen LogP contribution in [0, 0.1) is 6.92 Å². The summed E-state index contributed by atoms with van der Waals surface area (Å²) in [6.07, 6.45) is 13.2. The molecule has 0 fully saturated rings. The molecule has 1 heteroatoms. The lowest BCUT2D eigenvalue weighted by Crippen LogP contribution is -2.16. The Kier molecular flexibility index (Phi) is 7.30. The molecule has 0 radical (unpaired) electrons. The summed E-state index contributed by atoms with van der Waals surface area (Å²) in [6.45, 7) is 13.1. The van der Waals surface area contributed by atoms with E-state index in [4.69, 9.17) is 4.98 Å². The van der Waals surface area contributed by atoms with E-state index in [1.54, 1.807) is 0 Å². The molecule has 0 saturated carbocycles. The maximum absolute atomic E-state index is 4.82. The van der Waals surface area contributed by atoms with Crippen molar-refractivity contribution in [3.05, 3.63) is 168 Å². The van der Waals surface area contributed by atoms with Gasteiger partial charge < -0.3 is 0 Å². The molecule has 0 unspecified atom stereocenters. The lowest BCUT2D eigenvalue weighted by molar-refractivity contribution is 0.651. The molecular weight excluding hydrogens is 615 g/mol. The summed E-state index contributed by atoms with van der Waals surface area (Å²) < 4.78 is 0. The van der Waals surface area contributed by atoms with Gasteiger partial charge in [-0.1, -0.05) is 130 Å². The van der Waals surface area contributed by atoms with Crippen molar-refractivity contribution < 1.29 is 0 Å². The molecule has 2 aliphatic carbocycles. The topological polar surface area (TPSA) is 12.9 Å². The van der Waals surface area contributed by atoms with E-state index in [1.807, 2.05) is 6.08 Å². The van der Waals surface area contributed by atoms with Crippen molar-refractivity contribution in [3.63, 3.8) is 0 Å². The average molecular weight is 656 g/mol. The van der Waals surface area contributed by atoms with Gasteiger partial charge in [-0.2, -0.15) is 0 Å². The molecule has 0 amide bonds. The molecule has 0 atom stereocenters. The zero-order valence-corrected chi connectivity index (χ0v) is 29.8. The second-order valence-electron chi connectivity index (χ2n) is 14.6. The van der Waals surface area contributed by atoms with E-state index in [0.717, 1.165) is 35.0 Å².